The first kappa shape index (κ1) is 12.2. The summed E-state index contributed by atoms with van der Waals surface area (Å²) < 4.78 is 15.0. The number of aryl methyl sites for hydroxylation is 2. The van der Waals surface area contributed by atoms with E-state index in [2.05, 4.69) is 5.10 Å². The first-order valence-corrected chi connectivity index (χ1v) is 5.51. The van der Waals surface area contributed by atoms with Gasteiger partial charge in [-0.25, -0.2) is 18.4 Å². The van der Waals surface area contributed by atoms with Crippen molar-refractivity contribution in [1.82, 2.24) is 14.3 Å². The zero-order chi connectivity index (χ0) is 13.3. The number of rotatable bonds is 2. The number of nitrogens with zero attached hydrogens (tertiary/aromatic N) is 3. The summed E-state index contributed by atoms with van der Waals surface area (Å²) >= 11 is 0. The molecule has 0 fully saturated rings. The van der Waals surface area contributed by atoms with Crippen LogP contribution in [0.2, 0.25) is 0 Å². The minimum Gasteiger partial charge on any atom is -0.267 e. The van der Waals surface area contributed by atoms with Crippen molar-refractivity contribution in [3.63, 3.8) is 0 Å². The van der Waals surface area contributed by atoms with Gasteiger partial charge in [0.1, 0.15) is 11.5 Å². The van der Waals surface area contributed by atoms with Crippen LogP contribution in [0, 0.1) is 12.7 Å². The molecular weight excluding hydrogens is 237 g/mol. The monoisotopic (exact) mass is 249 g/mol. The van der Waals surface area contributed by atoms with Crippen molar-refractivity contribution < 1.29 is 4.39 Å². The van der Waals surface area contributed by atoms with Gasteiger partial charge >= 0.3 is 5.69 Å². The third kappa shape index (κ3) is 1.97. The minimum absolute atomic E-state index is 0.223. The molecule has 0 atom stereocenters. The summed E-state index contributed by atoms with van der Waals surface area (Å²) in [7, 11) is 0. The molecule has 0 aliphatic heterocycles. The molecule has 2 aromatic rings. The van der Waals surface area contributed by atoms with Crippen molar-refractivity contribution in [2.45, 2.75) is 20.4 Å². The van der Waals surface area contributed by atoms with Crippen LogP contribution in [0.5, 0.6) is 0 Å². The van der Waals surface area contributed by atoms with Crippen LogP contribution in [0.25, 0.3) is 5.69 Å². The molecule has 0 amide bonds. The fourth-order valence-corrected chi connectivity index (χ4v) is 1.65. The minimum atomic E-state index is -0.528. The molecule has 0 aliphatic carbocycles. The second-order valence-electron chi connectivity index (χ2n) is 3.80. The van der Waals surface area contributed by atoms with Gasteiger partial charge in [0.15, 0.2) is 0 Å². The van der Waals surface area contributed by atoms with E-state index in [0.717, 1.165) is 4.57 Å². The molecule has 0 saturated carbocycles. The Hall–Kier alpha value is -2.24. The van der Waals surface area contributed by atoms with Crippen LogP contribution in [-0.2, 0) is 6.54 Å². The van der Waals surface area contributed by atoms with Crippen molar-refractivity contribution in [3.8, 4) is 5.69 Å². The van der Waals surface area contributed by atoms with E-state index in [0.29, 0.717) is 12.2 Å². The topological polar surface area (TPSA) is 56.9 Å². The Labute approximate surface area is 102 Å². The quantitative estimate of drug-likeness (QED) is 0.793. The lowest BCUT2D eigenvalue weighted by Crippen LogP contribution is -2.41. The maximum absolute atomic E-state index is 12.8. The maximum atomic E-state index is 12.8. The van der Waals surface area contributed by atoms with Gasteiger partial charge in [0.05, 0.1) is 5.69 Å². The van der Waals surface area contributed by atoms with Gasteiger partial charge in [-0.1, -0.05) is 0 Å². The predicted octanol–water partition coefficient (Wildman–Crippen LogP) is 0.862. The van der Waals surface area contributed by atoms with Gasteiger partial charge in [-0.05, 0) is 38.1 Å². The first-order valence-electron chi connectivity index (χ1n) is 5.51. The van der Waals surface area contributed by atoms with E-state index in [9.17, 15) is 14.0 Å². The molecule has 0 saturated heterocycles. The van der Waals surface area contributed by atoms with Gasteiger partial charge in [0.2, 0.25) is 0 Å². The molecule has 0 radical (unpaired) electrons. The Morgan fingerprint density at radius 2 is 1.83 bits per heavy atom. The zero-order valence-corrected chi connectivity index (χ0v) is 10.1. The largest absolute Gasteiger partial charge is 0.352 e. The Bertz CT molecular complexity index is 686. The van der Waals surface area contributed by atoms with Gasteiger partial charge in [-0.15, -0.1) is 0 Å². The number of hydrogen-bond acceptors (Lipinski definition) is 3. The smallest absolute Gasteiger partial charge is 0.267 e. The highest BCUT2D eigenvalue weighted by molar-refractivity contribution is 5.31. The second kappa shape index (κ2) is 4.56. The van der Waals surface area contributed by atoms with E-state index in [1.54, 1.807) is 6.92 Å². The van der Waals surface area contributed by atoms with Crippen LogP contribution in [0.3, 0.4) is 0 Å². The van der Waals surface area contributed by atoms with Crippen molar-refractivity contribution >= 4 is 0 Å². The Kier molecular flexibility index (Phi) is 3.10. The highest BCUT2D eigenvalue weighted by Crippen LogP contribution is 2.04. The van der Waals surface area contributed by atoms with Crippen molar-refractivity contribution in [3.05, 3.63) is 56.6 Å². The summed E-state index contributed by atoms with van der Waals surface area (Å²) in [5, 5.41) is 3.89. The molecule has 0 N–H and O–H groups in total. The van der Waals surface area contributed by atoms with Crippen molar-refractivity contribution in [1.29, 1.82) is 0 Å². The maximum Gasteiger partial charge on any atom is 0.352 e. The van der Waals surface area contributed by atoms with E-state index in [-0.39, 0.29) is 5.69 Å². The van der Waals surface area contributed by atoms with Crippen molar-refractivity contribution in [2.24, 2.45) is 0 Å². The van der Waals surface area contributed by atoms with Gasteiger partial charge in [0, 0.05) is 6.54 Å². The third-order valence-electron chi connectivity index (χ3n) is 2.58. The summed E-state index contributed by atoms with van der Waals surface area (Å²) in [5.41, 5.74) is -0.462. The van der Waals surface area contributed by atoms with Crippen LogP contribution >= 0.6 is 0 Å². The van der Waals surface area contributed by atoms with Crippen molar-refractivity contribution in [2.75, 3.05) is 0 Å². The molecule has 5 nitrogen and oxygen atoms in total. The lowest BCUT2D eigenvalue weighted by molar-refractivity contribution is 0.553. The van der Waals surface area contributed by atoms with E-state index < -0.39 is 17.1 Å². The van der Waals surface area contributed by atoms with E-state index >= 15 is 0 Å². The summed E-state index contributed by atoms with van der Waals surface area (Å²) in [5.74, 6) is -0.423. The summed E-state index contributed by atoms with van der Waals surface area (Å²) in [6.45, 7) is 3.66. The highest BCUT2D eigenvalue weighted by Gasteiger charge is 2.11. The molecular formula is C12H12FN3O2. The fourth-order valence-electron chi connectivity index (χ4n) is 1.65. The average Bonchev–Trinajstić information content (AvgIpc) is 2.36. The van der Waals surface area contributed by atoms with Crippen LogP contribution in [0.1, 0.15) is 12.6 Å². The number of hydrogen-bond donors (Lipinski definition) is 0. The molecule has 0 aliphatic rings. The predicted molar refractivity (Wildman–Crippen MR) is 64.5 cm³/mol. The Morgan fingerprint density at radius 3 is 2.39 bits per heavy atom. The Morgan fingerprint density at radius 1 is 1.22 bits per heavy atom. The molecule has 0 spiro atoms. The van der Waals surface area contributed by atoms with Gasteiger partial charge in [-0.3, -0.25) is 4.79 Å². The van der Waals surface area contributed by atoms with Crippen LogP contribution < -0.4 is 11.2 Å². The van der Waals surface area contributed by atoms with E-state index in [4.69, 9.17) is 0 Å². The molecule has 18 heavy (non-hydrogen) atoms. The fraction of sp³-hybridized carbons (Fsp3) is 0.250. The SMILES string of the molecule is CCn1nc(C)c(=O)n(-c2ccc(F)cc2)c1=O. The summed E-state index contributed by atoms with van der Waals surface area (Å²) in [6, 6.07) is 5.18. The number of halogens is 1. The van der Waals surface area contributed by atoms with E-state index in [1.807, 2.05) is 0 Å². The Balaban J connectivity index is 2.78. The average molecular weight is 249 g/mol. The number of benzene rings is 1. The molecule has 6 heteroatoms. The van der Waals surface area contributed by atoms with E-state index in [1.165, 1.54) is 35.9 Å². The third-order valence-corrected chi connectivity index (χ3v) is 2.58. The normalized spacial score (nSPS) is 10.6. The molecule has 2 rings (SSSR count). The molecule has 0 unspecified atom stereocenters. The van der Waals surface area contributed by atoms with Gasteiger partial charge in [0.25, 0.3) is 5.56 Å². The second-order valence-corrected chi connectivity index (χ2v) is 3.80. The highest BCUT2D eigenvalue weighted by atomic mass is 19.1. The molecule has 1 heterocycles. The summed E-state index contributed by atoms with van der Waals surface area (Å²) in [6.07, 6.45) is 0. The zero-order valence-electron chi connectivity index (χ0n) is 10.1. The standard InChI is InChI=1S/C12H12FN3O2/c1-3-15-12(18)16(11(17)8(2)14-15)10-6-4-9(13)5-7-10/h4-7H,3H2,1-2H3. The van der Waals surface area contributed by atoms with Crippen LogP contribution in [-0.4, -0.2) is 14.3 Å². The lowest BCUT2D eigenvalue weighted by atomic mass is 10.3. The van der Waals surface area contributed by atoms with Crippen LogP contribution in [0.15, 0.2) is 33.9 Å². The molecule has 94 valence electrons. The molecule has 0 bridgehead atoms. The first-order chi connectivity index (χ1) is 8.54. The van der Waals surface area contributed by atoms with Gasteiger partial charge < -0.3 is 0 Å². The number of aromatic nitrogens is 3. The molecule has 1 aromatic heterocycles. The molecule has 1 aromatic carbocycles. The lowest BCUT2D eigenvalue weighted by Gasteiger charge is -2.08. The van der Waals surface area contributed by atoms with Crippen LogP contribution in [0.4, 0.5) is 4.39 Å². The van der Waals surface area contributed by atoms with Gasteiger partial charge in [-0.2, -0.15) is 5.10 Å². The summed E-state index contributed by atoms with van der Waals surface area (Å²) in [4.78, 5) is 24.0.